The first-order valence-electron chi connectivity index (χ1n) is 7.12. The molecular formula is C16H25NO3S. The number of benzene rings is 1. The molecule has 1 aromatic carbocycles. The highest BCUT2D eigenvalue weighted by Gasteiger charge is 2.12. The first-order valence-corrected chi connectivity index (χ1v) is 8.27. The van der Waals surface area contributed by atoms with Gasteiger partial charge in [0.15, 0.2) is 0 Å². The molecule has 0 aliphatic rings. The third-order valence-electron chi connectivity index (χ3n) is 2.88. The second kappa shape index (κ2) is 8.95. The molecule has 2 N–H and O–H groups in total. The van der Waals surface area contributed by atoms with Crippen molar-refractivity contribution in [2.24, 2.45) is 0 Å². The van der Waals surface area contributed by atoms with E-state index in [9.17, 15) is 4.79 Å². The third-order valence-corrected chi connectivity index (χ3v) is 3.82. The molecule has 21 heavy (non-hydrogen) atoms. The van der Waals surface area contributed by atoms with Crippen LogP contribution in [-0.4, -0.2) is 42.3 Å². The van der Waals surface area contributed by atoms with E-state index in [0.29, 0.717) is 24.7 Å². The van der Waals surface area contributed by atoms with E-state index in [0.717, 1.165) is 5.75 Å². The number of carbonyl (C=O) groups excluding carboxylic acids is 1. The van der Waals surface area contributed by atoms with E-state index in [1.807, 2.05) is 12.1 Å². The van der Waals surface area contributed by atoms with Gasteiger partial charge in [-0.3, -0.25) is 4.79 Å². The van der Waals surface area contributed by atoms with Gasteiger partial charge in [-0.05, 0) is 23.1 Å². The lowest BCUT2D eigenvalue weighted by Crippen LogP contribution is -2.29. The fourth-order valence-corrected chi connectivity index (χ4v) is 2.25. The molecule has 0 aliphatic heterocycles. The Kier molecular flexibility index (Phi) is 7.61. The van der Waals surface area contributed by atoms with Crippen molar-refractivity contribution in [3.63, 3.8) is 0 Å². The average Bonchev–Trinajstić information content (AvgIpc) is 2.43. The Balaban J connectivity index is 2.22. The molecule has 0 atom stereocenters. The molecule has 1 amide bonds. The van der Waals surface area contributed by atoms with Gasteiger partial charge in [0.1, 0.15) is 12.4 Å². The summed E-state index contributed by atoms with van der Waals surface area (Å²) in [6.07, 6.45) is 0. The average molecular weight is 311 g/mol. The quantitative estimate of drug-likeness (QED) is 0.723. The van der Waals surface area contributed by atoms with Crippen molar-refractivity contribution in [2.75, 3.05) is 31.3 Å². The zero-order valence-corrected chi connectivity index (χ0v) is 13.8. The number of rotatable bonds is 8. The molecule has 1 rings (SSSR count). The van der Waals surface area contributed by atoms with E-state index >= 15 is 0 Å². The van der Waals surface area contributed by atoms with Crippen LogP contribution in [0.1, 0.15) is 26.3 Å². The van der Waals surface area contributed by atoms with Gasteiger partial charge >= 0.3 is 0 Å². The highest BCUT2D eigenvalue weighted by Crippen LogP contribution is 2.24. The van der Waals surface area contributed by atoms with Crippen molar-refractivity contribution in [1.82, 2.24) is 5.32 Å². The number of aliphatic hydroxyl groups is 1. The Bertz CT molecular complexity index is 426. The lowest BCUT2D eigenvalue weighted by Gasteiger charge is -2.19. The number of thioether (sulfide) groups is 1. The first-order chi connectivity index (χ1) is 9.93. The molecule has 0 spiro atoms. The number of hydrogen-bond acceptors (Lipinski definition) is 4. The van der Waals surface area contributed by atoms with Crippen molar-refractivity contribution >= 4 is 17.7 Å². The second-order valence-corrected chi connectivity index (χ2v) is 6.85. The Morgan fingerprint density at radius 1 is 1.29 bits per heavy atom. The molecule has 0 unspecified atom stereocenters. The summed E-state index contributed by atoms with van der Waals surface area (Å²) in [5.41, 5.74) is 1.41. The smallest absolute Gasteiger partial charge is 0.230 e. The Morgan fingerprint density at radius 3 is 2.52 bits per heavy atom. The van der Waals surface area contributed by atoms with Gasteiger partial charge in [0.25, 0.3) is 0 Å². The molecule has 1 aromatic rings. The topological polar surface area (TPSA) is 58.6 Å². The molecule has 4 nitrogen and oxygen atoms in total. The largest absolute Gasteiger partial charge is 0.492 e. The van der Waals surface area contributed by atoms with Crippen LogP contribution in [0.4, 0.5) is 0 Å². The van der Waals surface area contributed by atoms with E-state index in [-0.39, 0.29) is 17.9 Å². The maximum atomic E-state index is 11.4. The molecule has 0 heterocycles. The van der Waals surface area contributed by atoms with Crippen molar-refractivity contribution in [3.05, 3.63) is 29.8 Å². The first kappa shape index (κ1) is 17.9. The zero-order valence-electron chi connectivity index (χ0n) is 13.0. The number of nitrogens with one attached hydrogen (secondary N) is 1. The number of hydrogen-bond donors (Lipinski definition) is 2. The van der Waals surface area contributed by atoms with Crippen molar-refractivity contribution in [2.45, 2.75) is 26.2 Å². The lowest BCUT2D eigenvalue weighted by molar-refractivity contribution is -0.118. The van der Waals surface area contributed by atoms with E-state index in [4.69, 9.17) is 9.84 Å². The molecule has 0 aromatic heterocycles. The highest BCUT2D eigenvalue weighted by atomic mass is 32.2. The predicted octanol–water partition coefficient (Wildman–Crippen LogP) is 2.20. The van der Waals surface area contributed by atoms with Gasteiger partial charge < -0.3 is 15.2 Å². The fourth-order valence-electron chi connectivity index (χ4n) is 1.69. The summed E-state index contributed by atoms with van der Waals surface area (Å²) >= 11 is 1.42. The summed E-state index contributed by atoms with van der Waals surface area (Å²) in [5, 5.41) is 11.4. The van der Waals surface area contributed by atoms with E-state index in [1.54, 1.807) is 0 Å². The summed E-state index contributed by atoms with van der Waals surface area (Å²) in [6.45, 7) is 7.56. The maximum absolute atomic E-state index is 11.4. The van der Waals surface area contributed by atoms with Gasteiger partial charge in [0.05, 0.1) is 18.9 Å². The number of ether oxygens (including phenoxy) is 1. The number of aliphatic hydroxyl groups excluding tert-OH is 1. The van der Waals surface area contributed by atoms with Gasteiger partial charge in [-0.1, -0.05) is 32.9 Å². The minimum atomic E-state index is -0.0277. The van der Waals surface area contributed by atoms with Crippen LogP contribution >= 0.6 is 11.8 Å². The van der Waals surface area contributed by atoms with Crippen molar-refractivity contribution < 1.29 is 14.6 Å². The zero-order chi connectivity index (χ0) is 15.7. The Morgan fingerprint density at radius 2 is 1.95 bits per heavy atom. The number of carbonyl (C=O) groups is 1. The third kappa shape index (κ3) is 7.39. The predicted molar refractivity (Wildman–Crippen MR) is 88.1 cm³/mol. The van der Waals surface area contributed by atoms with Gasteiger partial charge in [0.2, 0.25) is 5.91 Å². The van der Waals surface area contributed by atoms with Gasteiger partial charge in [0, 0.05) is 5.75 Å². The number of amides is 1. The summed E-state index contributed by atoms with van der Waals surface area (Å²) in [5.74, 6) is 1.75. The lowest BCUT2D eigenvalue weighted by atomic mass is 9.87. The van der Waals surface area contributed by atoms with Gasteiger partial charge in [-0.25, -0.2) is 0 Å². The SMILES string of the molecule is CC(C)(C)c1ccc(OCCNC(=O)CSCCO)cc1. The van der Waals surface area contributed by atoms with Crippen molar-refractivity contribution in [3.8, 4) is 5.75 Å². The molecule has 0 aliphatic carbocycles. The van der Waals surface area contributed by atoms with Crippen LogP contribution in [0, 0.1) is 0 Å². The van der Waals surface area contributed by atoms with Crippen LogP contribution in [0.25, 0.3) is 0 Å². The summed E-state index contributed by atoms with van der Waals surface area (Å²) in [4.78, 5) is 11.4. The molecule has 118 valence electrons. The summed E-state index contributed by atoms with van der Waals surface area (Å²) in [7, 11) is 0. The molecule has 0 saturated heterocycles. The molecule has 0 saturated carbocycles. The molecule has 0 fully saturated rings. The van der Waals surface area contributed by atoms with Gasteiger partial charge in [-0.15, -0.1) is 11.8 Å². The molecule has 0 bridgehead atoms. The Labute approximate surface area is 131 Å². The van der Waals surface area contributed by atoms with Crippen LogP contribution in [0.15, 0.2) is 24.3 Å². The molecule has 0 radical (unpaired) electrons. The van der Waals surface area contributed by atoms with Crippen LogP contribution < -0.4 is 10.1 Å². The minimum Gasteiger partial charge on any atom is -0.492 e. The second-order valence-electron chi connectivity index (χ2n) is 5.75. The molecule has 5 heteroatoms. The van der Waals surface area contributed by atoms with Crippen LogP contribution in [0.3, 0.4) is 0 Å². The fraction of sp³-hybridized carbons (Fsp3) is 0.562. The van der Waals surface area contributed by atoms with E-state index in [1.165, 1.54) is 17.3 Å². The van der Waals surface area contributed by atoms with Gasteiger partial charge in [-0.2, -0.15) is 0 Å². The van der Waals surface area contributed by atoms with E-state index < -0.39 is 0 Å². The normalized spacial score (nSPS) is 11.2. The summed E-state index contributed by atoms with van der Waals surface area (Å²) < 4.78 is 5.59. The minimum absolute atomic E-state index is 0.0277. The van der Waals surface area contributed by atoms with E-state index in [2.05, 4.69) is 38.2 Å². The van der Waals surface area contributed by atoms with Crippen LogP contribution in [0.5, 0.6) is 5.75 Å². The monoisotopic (exact) mass is 311 g/mol. The Hall–Kier alpha value is -1.20. The van der Waals surface area contributed by atoms with Crippen LogP contribution in [-0.2, 0) is 10.2 Å². The maximum Gasteiger partial charge on any atom is 0.230 e. The highest BCUT2D eigenvalue weighted by molar-refractivity contribution is 7.99. The summed E-state index contributed by atoms with van der Waals surface area (Å²) in [6, 6.07) is 8.05. The molecular weight excluding hydrogens is 286 g/mol. The van der Waals surface area contributed by atoms with Crippen LogP contribution in [0.2, 0.25) is 0 Å². The standard InChI is InChI=1S/C16H25NO3S/c1-16(2,3)13-4-6-14(7-5-13)20-10-8-17-15(19)12-21-11-9-18/h4-7,18H,8-12H2,1-3H3,(H,17,19). The van der Waals surface area contributed by atoms with Crippen molar-refractivity contribution in [1.29, 1.82) is 0 Å².